The third kappa shape index (κ3) is 3.93. The molecule has 0 saturated carbocycles. The van der Waals surface area contributed by atoms with Gasteiger partial charge in [-0.2, -0.15) is 0 Å². The van der Waals surface area contributed by atoms with Crippen LogP contribution in [0.4, 0.5) is 0 Å². The Balaban J connectivity index is 1.90. The highest BCUT2D eigenvalue weighted by atomic mass is 16.1. The van der Waals surface area contributed by atoms with Gasteiger partial charge >= 0.3 is 0 Å². The average molecular weight is 277 g/mol. The molecule has 4 heteroatoms. The highest BCUT2D eigenvalue weighted by Crippen LogP contribution is 2.27. The summed E-state index contributed by atoms with van der Waals surface area (Å²) in [6.45, 7) is 8.84. The highest BCUT2D eigenvalue weighted by molar-refractivity contribution is 5.26. The smallest absolute Gasteiger partial charge is 0.248 e. The first-order valence-electron chi connectivity index (χ1n) is 7.92. The van der Waals surface area contributed by atoms with Crippen LogP contribution in [-0.4, -0.2) is 36.1 Å². The van der Waals surface area contributed by atoms with Crippen LogP contribution in [0.2, 0.25) is 0 Å². The lowest BCUT2D eigenvalue weighted by Gasteiger charge is -2.27. The van der Waals surface area contributed by atoms with Crippen molar-refractivity contribution in [1.82, 2.24) is 15.2 Å². The normalized spacial score (nSPS) is 18.2. The van der Waals surface area contributed by atoms with E-state index in [0.29, 0.717) is 6.04 Å². The lowest BCUT2D eigenvalue weighted by atomic mass is 9.91. The topological polar surface area (TPSA) is 48.1 Å². The number of rotatable bonds is 7. The lowest BCUT2D eigenvalue weighted by Crippen LogP contribution is -2.35. The molecular formula is C16H27N3O. The van der Waals surface area contributed by atoms with E-state index in [4.69, 9.17) is 0 Å². The SMILES string of the molecule is CCCN(CC)CCNC1CCCc2[nH]c(=O)ccc21. The first-order chi connectivity index (χ1) is 9.74. The number of fused-ring (bicyclic) bond motifs is 1. The molecule has 0 bridgehead atoms. The maximum Gasteiger partial charge on any atom is 0.248 e. The zero-order valence-electron chi connectivity index (χ0n) is 12.7. The molecule has 20 heavy (non-hydrogen) atoms. The predicted molar refractivity (Wildman–Crippen MR) is 83.1 cm³/mol. The van der Waals surface area contributed by atoms with E-state index < -0.39 is 0 Å². The number of aryl methyl sites for hydroxylation is 1. The summed E-state index contributed by atoms with van der Waals surface area (Å²) >= 11 is 0. The van der Waals surface area contributed by atoms with Crippen molar-refractivity contribution in [3.63, 3.8) is 0 Å². The van der Waals surface area contributed by atoms with Gasteiger partial charge in [0.2, 0.25) is 5.56 Å². The molecule has 0 aliphatic heterocycles. The molecule has 1 aromatic heterocycles. The summed E-state index contributed by atoms with van der Waals surface area (Å²) in [5.74, 6) is 0. The minimum absolute atomic E-state index is 0.0181. The molecule has 0 amide bonds. The third-order valence-corrected chi connectivity index (χ3v) is 4.14. The molecular weight excluding hydrogens is 250 g/mol. The van der Waals surface area contributed by atoms with Crippen LogP contribution in [0.3, 0.4) is 0 Å². The van der Waals surface area contributed by atoms with Crippen LogP contribution in [0.25, 0.3) is 0 Å². The number of H-pyrrole nitrogens is 1. The van der Waals surface area contributed by atoms with Crippen molar-refractivity contribution in [2.45, 2.75) is 45.6 Å². The largest absolute Gasteiger partial charge is 0.326 e. The van der Waals surface area contributed by atoms with E-state index in [0.717, 1.165) is 38.2 Å². The lowest BCUT2D eigenvalue weighted by molar-refractivity contribution is 0.279. The van der Waals surface area contributed by atoms with Crippen molar-refractivity contribution in [2.75, 3.05) is 26.2 Å². The van der Waals surface area contributed by atoms with Crippen LogP contribution >= 0.6 is 0 Å². The summed E-state index contributed by atoms with van der Waals surface area (Å²) in [5, 5.41) is 3.66. The second-order valence-electron chi connectivity index (χ2n) is 5.59. The van der Waals surface area contributed by atoms with E-state index in [9.17, 15) is 4.79 Å². The van der Waals surface area contributed by atoms with Crippen LogP contribution in [0.15, 0.2) is 16.9 Å². The molecule has 0 saturated heterocycles. The van der Waals surface area contributed by atoms with Crippen LogP contribution in [-0.2, 0) is 6.42 Å². The number of nitrogens with zero attached hydrogens (tertiary/aromatic N) is 1. The van der Waals surface area contributed by atoms with Gasteiger partial charge in [0.25, 0.3) is 0 Å². The Hall–Kier alpha value is -1.13. The highest BCUT2D eigenvalue weighted by Gasteiger charge is 2.20. The minimum atomic E-state index is 0.0181. The fraction of sp³-hybridized carbons (Fsp3) is 0.688. The zero-order valence-corrected chi connectivity index (χ0v) is 12.7. The molecule has 1 unspecified atom stereocenters. The van der Waals surface area contributed by atoms with Crippen LogP contribution in [0, 0.1) is 0 Å². The van der Waals surface area contributed by atoms with Crippen molar-refractivity contribution in [3.8, 4) is 0 Å². The standard InChI is InChI=1S/C16H27N3O/c1-3-11-19(4-2)12-10-17-14-6-5-7-15-13(14)8-9-16(20)18-15/h8-9,14,17H,3-7,10-12H2,1-2H3,(H,18,20). The monoisotopic (exact) mass is 277 g/mol. The van der Waals surface area contributed by atoms with Crippen LogP contribution in [0.5, 0.6) is 0 Å². The van der Waals surface area contributed by atoms with E-state index in [2.05, 4.69) is 29.0 Å². The molecule has 1 atom stereocenters. The summed E-state index contributed by atoms with van der Waals surface area (Å²) in [7, 11) is 0. The number of aromatic amines is 1. The molecule has 1 aliphatic carbocycles. The van der Waals surface area contributed by atoms with Crippen LogP contribution < -0.4 is 10.9 Å². The van der Waals surface area contributed by atoms with Gasteiger partial charge in [-0.1, -0.05) is 19.9 Å². The number of aromatic nitrogens is 1. The molecule has 4 nitrogen and oxygen atoms in total. The van der Waals surface area contributed by atoms with E-state index in [-0.39, 0.29) is 5.56 Å². The summed E-state index contributed by atoms with van der Waals surface area (Å²) in [5.41, 5.74) is 2.43. The van der Waals surface area contributed by atoms with Crippen LogP contribution in [0.1, 0.15) is 50.4 Å². The molecule has 0 fully saturated rings. The Morgan fingerprint density at radius 1 is 1.35 bits per heavy atom. The average Bonchev–Trinajstić information content (AvgIpc) is 2.46. The second-order valence-corrected chi connectivity index (χ2v) is 5.59. The van der Waals surface area contributed by atoms with Gasteiger partial charge in [0, 0.05) is 30.9 Å². The second kappa shape index (κ2) is 7.60. The predicted octanol–water partition coefficient (Wildman–Crippen LogP) is 2.07. The molecule has 0 spiro atoms. The van der Waals surface area contributed by atoms with Crippen molar-refractivity contribution >= 4 is 0 Å². The molecule has 1 aliphatic rings. The molecule has 1 heterocycles. The third-order valence-electron chi connectivity index (χ3n) is 4.14. The molecule has 1 aromatic rings. The minimum Gasteiger partial charge on any atom is -0.326 e. The first kappa shape index (κ1) is 15.3. The zero-order chi connectivity index (χ0) is 14.4. The Labute approximate surface area is 121 Å². The number of nitrogens with one attached hydrogen (secondary N) is 2. The Morgan fingerprint density at radius 3 is 2.95 bits per heavy atom. The van der Waals surface area contributed by atoms with Gasteiger partial charge in [0.15, 0.2) is 0 Å². The van der Waals surface area contributed by atoms with Crippen molar-refractivity contribution in [3.05, 3.63) is 33.7 Å². The summed E-state index contributed by atoms with van der Waals surface area (Å²) < 4.78 is 0. The maximum atomic E-state index is 11.4. The molecule has 112 valence electrons. The van der Waals surface area contributed by atoms with Gasteiger partial charge in [-0.25, -0.2) is 0 Å². The number of likely N-dealkylation sites (N-methyl/N-ethyl adjacent to an activating group) is 1. The summed E-state index contributed by atoms with van der Waals surface area (Å²) in [6.07, 6.45) is 4.53. The van der Waals surface area contributed by atoms with Gasteiger partial charge < -0.3 is 15.2 Å². The number of hydrogen-bond donors (Lipinski definition) is 2. The summed E-state index contributed by atoms with van der Waals surface area (Å²) in [6, 6.07) is 4.04. The summed E-state index contributed by atoms with van der Waals surface area (Å²) in [4.78, 5) is 16.8. The van der Waals surface area contributed by atoms with Crippen molar-refractivity contribution in [1.29, 1.82) is 0 Å². The van der Waals surface area contributed by atoms with Crippen molar-refractivity contribution < 1.29 is 0 Å². The number of pyridine rings is 1. The fourth-order valence-electron chi connectivity index (χ4n) is 3.05. The Bertz CT molecular complexity index is 469. The van der Waals surface area contributed by atoms with Crippen molar-refractivity contribution in [2.24, 2.45) is 0 Å². The molecule has 2 N–H and O–H groups in total. The Kier molecular flexibility index (Phi) is 5.80. The van der Waals surface area contributed by atoms with Gasteiger partial charge in [-0.15, -0.1) is 0 Å². The van der Waals surface area contributed by atoms with E-state index in [1.165, 1.54) is 24.9 Å². The first-order valence-corrected chi connectivity index (χ1v) is 7.92. The van der Waals surface area contributed by atoms with Gasteiger partial charge in [-0.05, 0) is 44.3 Å². The van der Waals surface area contributed by atoms with E-state index in [1.54, 1.807) is 6.07 Å². The number of hydrogen-bond acceptors (Lipinski definition) is 3. The van der Waals surface area contributed by atoms with E-state index in [1.807, 2.05) is 6.07 Å². The quantitative estimate of drug-likeness (QED) is 0.802. The van der Waals surface area contributed by atoms with E-state index >= 15 is 0 Å². The molecule has 0 radical (unpaired) electrons. The molecule has 0 aromatic carbocycles. The Morgan fingerprint density at radius 2 is 2.20 bits per heavy atom. The molecule has 2 rings (SSSR count). The fourth-order valence-corrected chi connectivity index (χ4v) is 3.05. The van der Waals surface area contributed by atoms with Gasteiger partial charge in [0.05, 0.1) is 0 Å². The maximum absolute atomic E-state index is 11.4. The van der Waals surface area contributed by atoms with Gasteiger partial charge in [-0.3, -0.25) is 4.79 Å². The van der Waals surface area contributed by atoms with Gasteiger partial charge in [0.1, 0.15) is 0 Å².